The molecule has 114 valence electrons. The van der Waals surface area contributed by atoms with Gasteiger partial charge in [-0.05, 0) is 51.5 Å². The summed E-state index contributed by atoms with van der Waals surface area (Å²) in [6.07, 6.45) is 3.16. The van der Waals surface area contributed by atoms with Crippen molar-refractivity contribution in [3.8, 4) is 0 Å². The van der Waals surface area contributed by atoms with Crippen LogP contribution in [0.3, 0.4) is 0 Å². The number of nitrogens with one attached hydrogen (secondary N) is 1. The van der Waals surface area contributed by atoms with Gasteiger partial charge in [0.25, 0.3) is 0 Å². The summed E-state index contributed by atoms with van der Waals surface area (Å²) in [7, 11) is 1.95. The third-order valence-electron chi connectivity index (χ3n) is 4.00. The van der Waals surface area contributed by atoms with Crippen LogP contribution in [-0.2, 0) is 5.75 Å². The van der Waals surface area contributed by atoms with Crippen molar-refractivity contribution in [2.75, 3.05) is 19.4 Å². The molecule has 0 aliphatic carbocycles. The molecule has 3 heteroatoms. The number of likely N-dealkylation sites (N-methyl/N-ethyl adjacent to an activating group) is 1. The summed E-state index contributed by atoms with van der Waals surface area (Å²) < 4.78 is 0. The normalized spacial score (nSPS) is 14.2. The van der Waals surface area contributed by atoms with E-state index in [1.807, 2.05) is 18.8 Å². The van der Waals surface area contributed by atoms with Gasteiger partial charge in [-0.25, -0.2) is 0 Å². The van der Waals surface area contributed by atoms with E-state index in [0.717, 1.165) is 30.8 Å². The second-order valence-electron chi connectivity index (χ2n) is 5.69. The molecule has 0 aliphatic heterocycles. The van der Waals surface area contributed by atoms with Gasteiger partial charge in [0.15, 0.2) is 0 Å². The van der Waals surface area contributed by atoms with E-state index in [2.05, 4.69) is 44.3 Å². The first-order valence-electron chi connectivity index (χ1n) is 7.50. The van der Waals surface area contributed by atoms with E-state index in [4.69, 9.17) is 0 Å². The van der Waals surface area contributed by atoms with E-state index in [1.54, 1.807) is 0 Å². The quantitative estimate of drug-likeness (QED) is 0.682. The molecule has 1 atom stereocenters. The summed E-state index contributed by atoms with van der Waals surface area (Å²) in [5.41, 5.74) is 4.03. The highest BCUT2D eigenvalue weighted by molar-refractivity contribution is 7.98. The average molecular weight is 295 g/mol. The molecule has 20 heavy (non-hydrogen) atoms. The summed E-state index contributed by atoms with van der Waals surface area (Å²) in [6.45, 7) is 6.67. The molecule has 0 spiro atoms. The first-order chi connectivity index (χ1) is 9.55. The molecule has 1 aromatic carbocycles. The lowest BCUT2D eigenvalue weighted by atomic mass is 9.92. The Kier molecular flexibility index (Phi) is 7.63. The van der Waals surface area contributed by atoms with Gasteiger partial charge in [-0.1, -0.05) is 36.2 Å². The number of rotatable bonds is 9. The first-order valence-corrected chi connectivity index (χ1v) is 8.65. The molecule has 0 aromatic heterocycles. The van der Waals surface area contributed by atoms with E-state index < -0.39 is 0 Å². The predicted octanol–water partition coefficient (Wildman–Crippen LogP) is 3.68. The zero-order valence-corrected chi connectivity index (χ0v) is 14.1. The van der Waals surface area contributed by atoms with Gasteiger partial charge < -0.3 is 10.4 Å². The van der Waals surface area contributed by atoms with E-state index in [1.165, 1.54) is 16.7 Å². The minimum atomic E-state index is -0.0829. The Morgan fingerprint density at radius 3 is 2.35 bits per heavy atom. The van der Waals surface area contributed by atoms with E-state index in [9.17, 15) is 5.11 Å². The molecule has 0 saturated carbocycles. The molecular weight excluding hydrogens is 266 g/mol. The number of aliphatic hydroxyl groups is 1. The summed E-state index contributed by atoms with van der Waals surface area (Å²) in [4.78, 5) is 0. The lowest BCUT2D eigenvalue weighted by Crippen LogP contribution is -2.45. The number of thioether (sulfide) groups is 1. The van der Waals surface area contributed by atoms with Crippen LogP contribution in [0.5, 0.6) is 0 Å². The molecule has 1 aromatic rings. The van der Waals surface area contributed by atoms with Gasteiger partial charge in [0.1, 0.15) is 0 Å². The van der Waals surface area contributed by atoms with Crippen LogP contribution >= 0.6 is 11.8 Å². The molecular formula is C17H29NOS. The van der Waals surface area contributed by atoms with Crippen molar-refractivity contribution < 1.29 is 5.11 Å². The highest BCUT2D eigenvalue weighted by Gasteiger charge is 2.23. The van der Waals surface area contributed by atoms with Crippen LogP contribution in [0, 0.1) is 13.8 Å². The second kappa shape index (κ2) is 8.71. The summed E-state index contributed by atoms with van der Waals surface area (Å²) >= 11 is 1.99. The van der Waals surface area contributed by atoms with Crippen LogP contribution in [-0.4, -0.2) is 30.1 Å². The standard InChI is InChI=1S/C17H29NOS/c1-5-17(13-19,18-4)7-6-8-20-12-16-10-14(2)9-15(3)11-16/h9-11,18-19H,5-8,12-13H2,1-4H3. The molecule has 0 aliphatic rings. The molecule has 0 saturated heterocycles. The molecule has 0 heterocycles. The van der Waals surface area contributed by atoms with Crippen LogP contribution in [0.25, 0.3) is 0 Å². The Morgan fingerprint density at radius 2 is 1.85 bits per heavy atom. The van der Waals surface area contributed by atoms with Crippen LogP contribution in [0.1, 0.15) is 42.9 Å². The van der Waals surface area contributed by atoms with Crippen LogP contribution in [0.15, 0.2) is 18.2 Å². The van der Waals surface area contributed by atoms with Gasteiger partial charge in [-0.3, -0.25) is 0 Å². The number of aryl methyl sites for hydroxylation is 2. The molecule has 0 amide bonds. The van der Waals surface area contributed by atoms with Gasteiger partial charge in [0.2, 0.25) is 0 Å². The Hall–Kier alpha value is -0.510. The maximum atomic E-state index is 9.50. The fraction of sp³-hybridized carbons (Fsp3) is 0.647. The molecule has 1 unspecified atom stereocenters. The predicted molar refractivity (Wildman–Crippen MR) is 90.5 cm³/mol. The third kappa shape index (κ3) is 5.47. The van der Waals surface area contributed by atoms with Gasteiger partial charge in [0, 0.05) is 11.3 Å². The largest absolute Gasteiger partial charge is 0.394 e. The van der Waals surface area contributed by atoms with E-state index in [-0.39, 0.29) is 12.1 Å². The van der Waals surface area contributed by atoms with E-state index >= 15 is 0 Å². The monoisotopic (exact) mass is 295 g/mol. The summed E-state index contributed by atoms with van der Waals surface area (Å²) in [6, 6.07) is 6.77. The molecule has 0 fully saturated rings. The van der Waals surface area contributed by atoms with Crippen molar-refractivity contribution in [2.45, 2.75) is 51.3 Å². The smallest absolute Gasteiger partial charge is 0.0613 e. The molecule has 2 N–H and O–H groups in total. The van der Waals surface area contributed by atoms with Crippen molar-refractivity contribution in [1.82, 2.24) is 5.32 Å². The maximum Gasteiger partial charge on any atom is 0.0613 e. The molecule has 0 bridgehead atoms. The first kappa shape index (κ1) is 17.5. The summed E-state index contributed by atoms with van der Waals surface area (Å²) in [5.74, 6) is 2.23. The average Bonchev–Trinajstić information content (AvgIpc) is 2.42. The van der Waals surface area contributed by atoms with Gasteiger partial charge in [-0.2, -0.15) is 11.8 Å². The minimum absolute atomic E-state index is 0.0829. The van der Waals surface area contributed by atoms with Gasteiger partial charge >= 0.3 is 0 Å². The number of hydrogen-bond acceptors (Lipinski definition) is 3. The van der Waals surface area contributed by atoms with E-state index in [0.29, 0.717) is 0 Å². The molecule has 1 rings (SSSR count). The lowest BCUT2D eigenvalue weighted by Gasteiger charge is -2.30. The molecule has 0 radical (unpaired) electrons. The van der Waals surface area contributed by atoms with Crippen LogP contribution < -0.4 is 5.32 Å². The Labute approximate surface area is 128 Å². The highest BCUT2D eigenvalue weighted by atomic mass is 32.2. The highest BCUT2D eigenvalue weighted by Crippen LogP contribution is 2.21. The van der Waals surface area contributed by atoms with Crippen molar-refractivity contribution in [3.05, 3.63) is 34.9 Å². The Bertz CT molecular complexity index is 373. The number of benzene rings is 1. The van der Waals surface area contributed by atoms with Crippen molar-refractivity contribution in [1.29, 1.82) is 0 Å². The number of hydrogen-bond donors (Lipinski definition) is 2. The molecule has 2 nitrogen and oxygen atoms in total. The fourth-order valence-electron chi connectivity index (χ4n) is 2.60. The maximum absolute atomic E-state index is 9.50. The Morgan fingerprint density at radius 1 is 1.20 bits per heavy atom. The lowest BCUT2D eigenvalue weighted by molar-refractivity contribution is 0.154. The van der Waals surface area contributed by atoms with Crippen molar-refractivity contribution in [3.63, 3.8) is 0 Å². The second-order valence-corrected chi connectivity index (χ2v) is 6.80. The topological polar surface area (TPSA) is 32.3 Å². The van der Waals surface area contributed by atoms with Crippen LogP contribution in [0.4, 0.5) is 0 Å². The SMILES string of the molecule is CCC(CO)(CCCSCc1cc(C)cc(C)c1)NC. The minimum Gasteiger partial charge on any atom is -0.394 e. The fourth-order valence-corrected chi connectivity index (χ4v) is 3.50. The zero-order valence-electron chi connectivity index (χ0n) is 13.3. The van der Waals surface area contributed by atoms with Gasteiger partial charge in [0.05, 0.1) is 6.61 Å². The number of aliphatic hydroxyl groups excluding tert-OH is 1. The van der Waals surface area contributed by atoms with Gasteiger partial charge in [-0.15, -0.1) is 0 Å². The Balaban J connectivity index is 2.31. The van der Waals surface area contributed by atoms with Crippen molar-refractivity contribution >= 4 is 11.8 Å². The van der Waals surface area contributed by atoms with Crippen molar-refractivity contribution in [2.24, 2.45) is 0 Å². The zero-order chi connectivity index (χ0) is 15.0. The van der Waals surface area contributed by atoms with Crippen LogP contribution in [0.2, 0.25) is 0 Å². The third-order valence-corrected chi connectivity index (χ3v) is 5.12. The summed E-state index contributed by atoms with van der Waals surface area (Å²) in [5, 5.41) is 12.8.